The highest BCUT2D eigenvalue weighted by Crippen LogP contribution is 2.47. The van der Waals surface area contributed by atoms with E-state index in [0.29, 0.717) is 6.61 Å². The molecule has 0 radical (unpaired) electrons. The normalized spacial score (nSPS) is 21.9. The van der Waals surface area contributed by atoms with Crippen LogP contribution >= 0.6 is 0 Å². The molecule has 4 nitrogen and oxygen atoms in total. The molecule has 0 spiro atoms. The third-order valence-electron chi connectivity index (χ3n) is 6.83. The van der Waals surface area contributed by atoms with Crippen LogP contribution in [0, 0.1) is 5.41 Å². The minimum absolute atomic E-state index is 0.191. The van der Waals surface area contributed by atoms with Crippen molar-refractivity contribution in [2.75, 3.05) is 20.2 Å². The summed E-state index contributed by atoms with van der Waals surface area (Å²) in [5.41, 5.74) is 3.33. The van der Waals surface area contributed by atoms with E-state index in [4.69, 9.17) is 9.47 Å². The average molecular weight is 432 g/mol. The van der Waals surface area contributed by atoms with Crippen LogP contribution in [0.4, 0.5) is 0 Å². The fraction of sp³-hybridized carbons (Fsp3) is 0.357. The lowest BCUT2D eigenvalue weighted by Crippen LogP contribution is -2.37. The van der Waals surface area contributed by atoms with Gasteiger partial charge in [0, 0.05) is 31.0 Å². The number of aliphatic hydroxyl groups is 1. The number of likely N-dealkylation sites (tertiary alicyclic amines) is 1. The Morgan fingerprint density at radius 1 is 0.969 bits per heavy atom. The first-order chi connectivity index (χ1) is 15.5. The summed E-state index contributed by atoms with van der Waals surface area (Å²) in [6, 6.07) is 26.9. The van der Waals surface area contributed by atoms with Crippen LogP contribution in [0.3, 0.4) is 0 Å². The van der Waals surface area contributed by atoms with Crippen LogP contribution in [-0.2, 0) is 13.2 Å². The molecule has 3 atom stereocenters. The Hall–Kier alpha value is -2.82. The van der Waals surface area contributed by atoms with Gasteiger partial charge in [-0.05, 0) is 35.7 Å². The molecule has 0 bridgehead atoms. The maximum absolute atomic E-state index is 10.8. The maximum atomic E-state index is 10.8. The maximum Gasteiger partial charge on any atom is 0.161 e. The van der Waals surface area contributed by atoms with Crippen molar-refractivity contribution < 1.29 is 14.6 Å². The highest BCUT2D eigenvalue weighted by atomic mass is 16.5. The van der Waals surface area contributed by atoms with Crippen molar-refractivity contribution in [3.05, 3.63) is 95.6 Å². The van der Waals surface area contributed by atoms with Crippen LogP contribution in [-0.4, -0.2) is 36.3 Å². The Kier molecular flexibility index (Phi) is 6.83. The number of aliphatic hydroxyl groups excluding tert-OH is 1. The standard InChI is InChI=1S/C28H33NO3/c1-21(30)28(2)20-29(17-22-10-6-4-7-11-22)18-25(28)24-14-15-26(31-3)27(16-24)32-19-23-12-8-5-9-13-23/h4-16,21,25,30H,17-20H2,1-3H3/t21?,25-,28-/m0/s1. The van der Waals surface area contributed by atoms with Crippen molar-refractivity contribution in [1.82, 2.24) is 4.90 Å². The van der Waals surface area contributed by atoms with E-state index in [1.807, 2.05) is 37.3 Å². The third-order valence-corrected chi connectivity index (χ3v) is 6.83. The third kappa shape index (κ3) is 4.82. The number of methoxy groups -OCH3 is 1. The zero-order chi connectivity index (χ0) is 22.6. The molecular formula is C28H33NO3. The molecule has 1 heterocycles. The van der Waals surface area contributed by atoms with Gasteiger partial charge in [0.15, 0.2) is 11.5 Å². The van der Waals surface area contributed by atoms with Crippen molar-refractivity contribution in [2.24, 2.45) is 5.41 Å². The smallest absolute Gasteiger partial charge is 0.161 e. The summed E-state index contributed by atoms with van der Waals surface area (Å²) in [5.74, 6) is 1.65. The monoisotopic (exact) mass is 431 g/mol. The second-order valence-corrected chi connectivity index (χ2v) is 9.07. The number of hydrogen-bond acceptors (Lipinski definition) is 4. The lowest BCUT2D eigenvalue weighted by Gasteiger charge is -2.34. The zero-order valence-corrected chi connectivity index (χ0v) is 19.2. The molecule has 3 aromatic carbocycles. The average Bonchev–Trinajstić information content (AvgIpc) is 3.16. The Labute approximate surface area is 191 Å². The highest BCUT2D eigenvalue weighted by Gasteiger charge is 2.46. The van der Waals surface area contributed by atoms with Crippen LogP contribution in [0.25, 0.3) is 0 Å². The SMILES string of the molecule is COc1ccc([C@@H]2CN(Cc3ccccc3)C[C@@]2(C)C(C)O)cc1OCc1ccccc1. The van der Waals surface area contributed by atoms with E-state index in [2.05, 4.69) is 60.4 Å². The first-order valence-corrected chi connectivity index (χ1v) is 11.3. The van der Waals surface area contributed by atoms with Crippen LogP contribution in [0.1, 0.15) is 36.5 Å². The molecule has 1 N–H and O–H groups in total. The number of nitrogens with zero attached hydrogens (tertiary/aromatic N) is 1. The lowest BCUT2D eigenvalue weighted by molar-refractivity contribution is 0.0474. The van der Waals surface area contributed by atoms with Crippen molar-refractivity contribution in [3.63, 3.8) is 0 Å². The van der Waals surface area contributed by atoms with Gasteiger partial charge in [0.05, 0.1) is 13.2 Å². The van der Waals surface area contributed by atoms with Crippen molar-refractivity contribution >= 4 is 0 Å². The van der Waals surface area contributed by atoms with E-state index in [0.717, 1.165) is 36.7 Å². The first kappa shape index (κ1) is 22.4. The Balaban J connectivity index is 1.58. The van der Waals surface area contributed by atoms with Crippen LogP contribution in [0.2, 0.25) is 0 Å². The molecule has 1 aliphatic heterocycles. The van der Waals surface area contributed by atoms with Crippen LogP contribution < -0.4 is 9.47 Å². The van der Waals surface area contributed by atoms with Gasteiger partial charge in [0.25, 0.3) is 0 Å². The van der Waals surface area contributed by atoms with Crippen LogP contribution in [0.5, 0.6) is 11.5 Å². The van der Waals surface area contributed by atoms with E-state index in [-0.39, 0.29) is 11.3 Å². The summed E-state index contributed by atoms with van der Waals surface area (Å²) >= 11 is 0. The molecule has 1 unspecified atom stereocenters. The minimum Gasteiger partial charge on any atom is -0.493 e. The molecule has 0 amide bonds. The largest absolute Gasteiger partial charge is 0.493 e. The van der Waals surface area contributed by atoms with E-state index in [1.54, 1.807) is 7.11 Å². The molecule has 0 aliphatic carbocycles. The number of rotatable bonds is 8. The molecule has 4 heteroatoms. The van der Waals surface area contributed by atoms with Crippen molar-refractivity contribution in [1.29, 1.82) is 0 Å². The predicted molar refractivity (Wildman–Crippen MR) is 128 cm³/mol. The highest BCUT2D eigenvalue weighted by molar-refractivity contribution is 5.45. The zero-order valence-electron chi connectivity index (χ0n) is 19.2. The number of benzene rings is 3. The fourth-order valence-corrected chi connectivity index (χ4v) is 4.75. The second kappa shape index (κ2) is 9.76. The van der Waals surface area contributed by atoms with Gasteiger partial charge in [0.1, 0.15) is 6.61 Å². The Morgan fingerprint density at radius 2 is 1.62 bits per heavy atom. The molecule has 168 valence electrons. The minimum atomic E-state index is -0.427. The quantitative estimate of drug-likeness (QED) is 0.528. The van der Waals surface area contributed by atoms with Gasteiger partial charge in [-0.15, -0.1) is 0 Å². The Bertz CT molecular complexity index is 1010. The summed E-state index contributed by atoms with van der Waals surface area (Å²) in [6.07, 6.45) is -0.427. The summed E-state index contributed by atoms with van der Waals surface area (Å²) in [4.78, 5) is 2.45. The van der Waals surface area contributed by atoms with Gasteiger partial charge in [0.2, 0.25) is 0 Å². The fourth-order valence-electron chi connectivity index (χ4n) is 4.75. The molecule has 4 rings (SSSR count). The lowest BCUT2D eigenvalue weighted by atomic mass is 9.72. The van der Waals surface area contributed by atoms with E-state index in [1.165, 1.54) is 11.1 Å². The summed E-state index contributed by atoms with van der Waals surface area (Å²) in [6.45, 7) is 7.21. The number of ether oxygens (including phenoxy) is 2. The second-order valence-electron chi connectivity index (χ2n) is 9.07. The summed E-state index contributed by atoms with van der Waals surface area (Å²) in [5, 5.41) is 10.8. The Morgan fingerprint density at radius 3 is 2.25 bits per heavy atom. The molecule has 32 heavy (non-hydrogen) atoms. The summed E-state index contributed by atoms with van der Waals surface area (Å²) in [7, 11) is 1.67. The molecule has 1 fully saturated rings. The first-order valence-electron chi connectivity index (χ1n) is 11.3. The van der Waals surface area contributed by atoms with E-state index in [9.17, 15) is 5.11 Å². The van der Waals surface area contributed by atoms with Gasteiger partial charge in [-0.25, -0.2) is 0 Å². The summed E-state index contributed by atoms with van der Waals surface area (Å²) < 4.78 is 11.7. The molecule has 0 aromatic heterocycles. The molecule has 0 saturated carbocycles. The number of hydrogen-bond donors (Lipinski definition) is 1. The van der Waals surface area contributed by atoms with Crippen LogP contribution in [0.15, 0.2) is 78.9 Å². The van der Waals surface area contributed by atoms with E-state index >= 15 is 0 Å². The van der Waals surface area contributed by atoms with Gasteiger partial charge in [-0.3, -0.25) is 4.90 Å². The van der Waals surface area contributed by atoms with Gasteiger partial charge in [-0.1, -0.05) is 73.7 Å². The predicted octanol–water partition coefficient (Wildman–Crippen LogP) is 5.26. The molecular weight excluding hydrogens is 398 g/mol. The van der Waals surface area contributed by atoms with Gasteiger partial charge in [-0.2, -0.15) is 0 Å². The molecule has 3 aromatic rings. The van der Waals surface area contributed by atoms with Crippen molar-refractivity contribution in [2.45, 2.75) is 39.0 Å². The van der Waals surface area contributed by atoms with Crippen molar-refractivity contribution in [3.8, 4) is 11.5 Å². The van der Waals surface area contributed by atoms with E-state index < -0.39 is 6.10 Å². The molecule has 1 aliphatic rings. The van der Waals surface area contributed by atoms with Gasteiger partial charge >= 0.3 is 0 Å². The topological polar surface area (TPSA) is 41.9 Å². The van der Waals surface area contributed by atoms with Gasteiger partial charge < -0.3 is 14.6 Å². The molecule has 1 saturated heterocycles.